The van der Waals surface area contributed by atoms with Crippen molar-refractivity contribution in [3.05, 3.63) is 106 Å². The number of halogens is 1. The number of ether oxygens (including phenoxy) is 4. The Balaban J connectivity index is 1.42. The first kappa shape index (κ1) is 31.9. The fourth-order valence-electron chi connectivity index (χ4n) is 5.23. The van der Waals surface area contributed by atoms with Crippen LogP contribution in [0.4, 0.5) is 4.39 Å². The number of aromatic nitrogens is 3. The largest absolute Gasteiger partial charge is 0.493 e. The van der Waals surface area contributed by atoms with E-state index < -0.39 is 29.2 Å². The molecule has 0 aliphatic carbocycles. The molecule has 0 bridgehead atoms. The molecule has 5 aromatic rings. The van der Waals surface area contributed by atoms with Gasteiger partial charge in [0.15, 0.2) is 28.8 Å². The Labute approximate surface area is 263 Å². The van der Waals surface area contributed by atoms with Gasteiger partial charge in [0.1, 0.15) is 17.4 Å². The van der Waals surface area contributed by atoms with Crippen LogP contribution in [0.1, 0.15) is 28.5 Å². The van der Waals surface area contributed by atoms with Crippen molar-refractivity contribution in [3.8, 4) is 28.7 Å². The topological polar surface area (TPSA) is 137 Å². The predicted molar refractivity (Wildman–Crippen MR) is 169 cm³/mol. The van der Waals surface area contributed by atoms with Gasteiger partial charge in [0.25, 0.3) is 5.56 Å². The minimum absolute atomic E-state index is 0.0467. The summed E-state index contributed by atoms with van der Waals surface area (Å²) < 4.78 is 40.3. The number of hydrogen-bond donors (Lipinski definition) is 1. The number of carbonyl (C=O) groups excluding carboxylic acids is 2. The lowest BCUT2D eigenvalue weighted by molar-refractivity contribution is -0.147. The van der Waals surface area contributed by atoms with Gasteiger partial charge in [0, 0.05) is 29.8 Å². The smallest absolute Gasteiger partial charge is 0.320 e. The van der Waals surface area contributed by atoms with Crippen LogP contribution in [0.3, 0.4) is 0 Å². The van der Waals surface area contributed by atoms with Crippen LogP contribution in [0.15, 0.2) is 77.7 Å². The van der Waals surface area contributed by atoms with Crippen molar-refractivity contribution in [3.63, 3.8) is 0 Å². The number of nitrogens with two attached hydrogens (primary N) is 1. The molecule has 0 amide bonds. The molecule has 0 spiro atoms. The zero-order valence-corrected chi connectivity index (χ0v) is 25.8. The zero-order valence-electron chi connectivity index (χ0n) is 25.8. The average Bonchev–Trinajstić information content (AvgIpc) is 3.29. The molecule has 0 aliphatic rings. The second kappa shape index (κ2) is 13.7. The number of esters is 1. The Morgan fingerprint density at radius 1 is 0.957 bits per heavy atom. The van der Waals surface area contributed by atoms with Gasteiger partial charge in [-0.2, -0.15) is 0 Å². The first-order chi connectivity index (χ1) is 22.1. The van der Waals surface area contributed by atoms with Crippen LogP contribution in [0.2, 0.25) is 0 Å². The van der Waals surface area contributed by atoms with Gasteiger partial charge in [-0.1, -0.05) is 24.3 Å². The molecule has 0 saturated heterocycles. The van der Waals surface area contributed by atoms with Crippen LogP contribution >= 0.6 is 0 Å². The SMILES string of the molecule is COc1cc2nccc(Oc3ccc(CC(=O)c4c(C)n(C[C@@H](C)OC(=O)CN)n(-c5ccccc5)c4=O)cc3F)c2cc1OC. The minimum Gasteiger partial charge on any atom is -0.493 e. The quantitative estimate of drug-likeness (QED) is 0.153. The maximum Gasteiger partial charge on any atom is 0.320 e. The molecule has 2 heterocycles. The monoisotopic (exact) mass is 628 g/mol. The van der Waals surface area contributed by atoms with Crippen molar-refractivity contribution >= 4 is 22.7 Å². The van der Waals surface area contributed by atoms with Gasteiger partial charge in [-0.05, 0) is 55.8 Å². The molecule has 46 heavy (non-hydrogen) atoms. The first-order valence-electron chi connectivity index (χ1n) is 14.4. The number of methoxy groups -OCH3 is 2. The van der Waals surface area contributed by atoms with E-state index in [0.717, 1.165) is 0 Å². The number of hydrogen-bond acceptors (Lipinski definition) is 9. The molecule has 3 aromatic carbocycles. The van der Waals surface area contributed by atoms with Crippen molar-refractivity contribution in [2.24, 2.45) is 5.73 Å². The number of para-hydroxylation sites is 1. The minimum atomic E-state index is -0.692. The molecule has 1 atom stereocenters. The summed E-state index contributed by atoms with van der Waals surface area (Å²) >= 11 is 0. The summed E-state index contributed by atoms with van der Waals surface area (Å²) in [4.78, 5) is 43.4. The number of pyridine rings is 1. The maximum absolute atomic E-state index is 15.4. The molecule has 0 saturated carbocycles. The van der Waals surface area contributed by atoms with Crippen LogP contribution in [0.25, 0.3) is 16.6 Å². The lowest BCUT2D eigenvalue weighted by atomic mass is 10.0. The molecule has 5 rings (SSSR count). The Morgan fingerprint density at radius 3 is 2.35 bits per heavy atom. The van der Waals surface area contributed by atoms with Gasteiger partial charge in [-0.3, -0.25) is 24.0 Å². The number of fused-ring (bicyclic) bond motifs is 1. The lowest BCUT2D eigenvalue weighted by Gasteiger charge is -2.18. The van der Waals surface area contributed by atoms with Crippen LogP contribution in [0.5, 0.6) is 23.0 Å². The summed E-state index contributed by atoms with van der Waals surface area (Å²) in [6.45, 7) is 3.13. The maximum atomic E-state index is 15.4. The van der Waals surface area contributed by atoms with Crippen LogP contribution in [-0.4, -0.2) is 53.0 Å². The van der Waals surface area contributed by atoms with E-state index in [1.165, 1.54) is 37.2 Å². The van der Waals surface area contributed by atoms with E-state index in [4.69, 9.17) is 24.7 Å². The normalized spacial score (nSPS) is 11.7. The summed E-state index contributed by atoms with van der Waals surface area (Å²) in [6.07, 6.45) is 0.661. The third-order valence-corrected chi connectivity index (χ3v) is 7.39. The summed E-state index contributed by atoms with van der Waals surface area (Å²) in [7, 11) is 3.03. The Morgan fingerprint density at radius 2 is 1.67 bits per heavy atom. The average molecular weight is 629 g/mol. The number of benzene rings is 3. The molecule has 12 heteroatoms. The third-order valence-electron chi connectivity index (χ3n) is 7.39. The zero-order chi connectivity index (χ0) is 33.0. The van der Waals surface area contributed by atoms with E-state index in [9.17, 15) is 14.4 Å². The number of nitrogens with zero attached hydrogens (tertiary/aromatic N) is 3. The Kier molecular flexibility index (Phi) is 9.47. The van der Waals surface area contributed by atoms with Gasteiger partial charge in [-0.15, -0.1) is 0 Å². The van der Waals surface area contributed by atoms with Crippen LogP contribution in [0, 0.1) is 12.7 Å². The van der Waals surface area contributed by atoms with Crippen molar-refractivity contribution < 1.29 is 32.9 Å². The highest BCUT2D eigenvalue weighted by atomic mass is 19.1. The van der Waals surface area contributed by atoms with Gasteiger partial charge in [-0.25, -0.2) is 9.07 Å². The predicted octanol–water partition coefficient (Wildman–Crippen LogP) is 4.76. The summed E-state index contributed by atoms with van der Waals surface area (Å²) in [5, 5.41) is 0.584. The molecule has 0 aliphatic heterocycles. The molecule has 0 radical (unpaired) electrons. The molecule has 238 valence electrons. The van der Waals surface area contributed by atoms with E-state index in [-0.39, 0.29) is 30.8 Å². The number of carbonyl (C=O) groups is 2. The fraction of sp³-hybridized carbons (Fsp3) is 0.235. The second-order valence-electron chi connectivity index (χ2n) is 10.5. The highest BCUT2D eigenvalue weighted by molar-refractivity contribution is 5.98. The van der Waals surface area contributed by atoms with E-state index in [1.54, 1.807) is 73.1 Å². The fourth-order valence-corrected chi connectivity index (χ4v) is 5.23. The van der Waals surface area contributed by atoms with Gasteiger partial charge in [0.05, 0.1) is 38.5 Å². The van der Waals surface area contributed by atoms with E-state index >= 15 is 4.39 Å². The summed E-state index contributed by atoms with van der Waals surface area (Å²) in [6, 6.07) is 18.0. The van der Waals surface area contributed by atoms with E-state index in [2.05, 4.69) is 4.98 Å². The van der Waals surface area contributed by atoms with E-state index in [0.29, 0.717) is 45.1 Å². The molecule has 0 fully saturated rings. The van der Waals surface area contributed by atoms with Crippen molar-refractivity contribution in [1.82, 2.24) is 14.3 Å². The Bertz CT molecular complexity index is 1970. The van der Waals surface area contributed by atoms with Crippen molar-refractivity contribution in [2.45, 2.75) is 32.9 Å². The standard InChI is InChI=1S/C34H33FN4O7/c1-20(45-32(41)18-36)19-38-21(2)33(34(42)39(38)23-8-6-5-7-9-23)27(40)15-22-10-11-29(25(35)14-22)46-28-12-13-37-26-17-31(44-4)30(43-3)16-24(26)28/h5-14,16-17,20H,15,18-19,36H2,1-4H3/t20-/m1/s1. The molecule has 2 N–H and O–H groups in total. The Hall–Kier alpha value is -5.49. The highest BCUT2D eigenvalue weighted by Gasteiger charge is 2.25. The summed E-state index contributed by atoms with van der Waals surface area (Å²) in [5.41, 5.74) is 6.62. The van der Waals surface area contributed by atoms with Gasteiger partial charge < -0.3 is 24.7 Å². The lowest BCUT2D eigenvalue weighted by Crippen LogP contribution is -2.30. The van der Waals surface area contributed by atoms with E-state index in [1.807, 2.05) is 0 Å². The molecule has 11 nitrogen and oxygen atoms in total. The van der Waals surface area contributed by atoms with Crippen LogP contribution < -0.4 is 25.5 Å². The van der Waals surface area contributed by atoms with Crippen LogP contribution in [-0.2, 0) is 22.5 Å². The number of Topliss-reactive ketones (excluding diaryl/α,β-unsaturated/α-hetero) is 1. The third kappa shape index (κ3) is 6.47. The number of rotatable bonds is 12. The van der Waals surface area contributed by atoms with Crippen molar-refractivity contribution in [1.29, 1.82) is 0 Å². The molecular weight excluding hydrogens is 595 g/mol. The van der Waals surface area contributed by atoms with Crippen molar-refractivity contribution in [2.75, 3.05) is 20.8 Å². The molecule has 0 unspecified atom stereocenters. The summed E-state index contributed by atoms with van der Waals surface area (Å²) in [5.74, 6) is -0.538. The first-order valence-corrected chi connectivity index (χ1v) is 14.4. The molecule has 2 aromatic heterocycles. The molecular formula is C34H33FN4O7. The van der Waals surface area contributed by atoms with Gasteiger partial charge in [0.2, 0.25) is 0 Å². The highest BCUT2D eigenvalue weighted by Crippen LogP contribution is 2.37. The number of ketones is 1. The van der Waals surface area contributed by atoms with Gasteiger partial charge >= 0.3 is 5.97 Å². The second-order valence-corrected chi connectivity index (χ2v) is 10.5.